The van der Waals surface area contributed by atoms with E-state index in [9.17, 15) is 0 Å². The Balaban J connectivity index is 2.15. The van der Waals surface area contributed by atoms with Crippen molar-refractivity contribution in [1.29, 1.82) is 0 Å². The topological polar surface area (TPSA) is 28.2 Å². The average Bonchev–Trinajstić information content (AvgIpc) is 2.20. The van der Waals surface area contributed by atoms with Crippen molar-refractivity contribution >= 4 is 0 Å². The number of nitrogens with one attached hydrogen (secondary N) is 1. The Morgan fingerprint density at radius 3 is 3.23 bits per heavy atom. The Hall–Kier alpha value is -0.930. The van der Waals surface area contributed by atoms with Crippen molar-refractivity contribution in [3.63, 3.8) is 0 Å². The van der Waals surface area contributed by atoms with Gasteiger partial charge in [-0.3, -0.25) is 9.88 Å². The van der Waals surface area contributed by atoms with Crippen LogP contribution in [0.15, 0.2) is 24.5 Å². The first-order valence-corrected chi connectivity index (χ1v) is 4.69. The summed E-state index contributed by atoms with van der Waals surface area (Å²) in [6.45, 7) is 3.23. The van der Waals surface area contributed by atoms with Crippen LogP contribution >= 0.6 is 0 Å². The second-order valence-corrected chi connectivity index (χ2v) is 3.49. The Morgan fingerprint density at radius 1 is 1.62 bits per heavy atom. The zero-order valence-electron chi connectivity index (χ0n) is 7.90. The molecule has 2 heterocycles. The molecule has 0 radical (unpaired) electrons. The monoisotopic (exact) mass is 177 g/mol. The maximum absolute atomic E-state index is 4.14. The second-order valence-electron chi connectivity index (χ2n) is 3.49. The number of likely N-dealkylation sites (N-methyl/N-ethyl adjacent to an activating group) is 1. The van der Waals surface area contributed by atoms with Crippen molar-refractivity contribution in [3.8, 4) is 0 Å². The highest BCUT2D eigenvalue weighted by molar-refractivity contribution is 5.15. The Labute approximate surface area is 78.8 Å². The largest absolute Gasteiger partial charge is 0.314 e. The molecule has 0 saturated carbocycles. The lowest BCUT2D eigenvalue weighted by Gasteiger charge is -2.33. The maximum atomic E-state index is 4.14. The summed E-state index contributed by atoms with van der Waals surface area (Å²) in [6, 6.07) is 4.63. The van der Waals surface area contributed by atoms with Gasteiger partial charge in [0.15, 0.2) is 0 Å². The van der Waals surface area contributed by atoms with E-state index in [-0.39, 0.29) is 0 Å². The molecule has 1 aliphatic rings. The molecular formula is C10H15N3. The summed E-state index contributed by atoms with van der Waals surface area (Å²) in [7, 11) is 2.17. The third-order valence-corrected chi connectivity index (χ3v) is 2.58. The zero-order valence-corrected chi connectivity index (χ0v) is 7.90. The Kier molecular flexibility index (Phi) is 2.57. The highest BCUT2D eigenvalue weighted by atomic mass is 15.2. The number of rotatable bonds is 1. The van der Waals surface area contributed by atoms with E-state index in [4.69, 9.17) is 0 Å². The van der Waals surface area contributed by atoms with Gasteiger partial charge in [-0.1, -0.05) is 6.07 Å². The fourth-order valence-corrected chi connectivity index (χ4v) is 1.75. The van der Waals surface area contributed by atoms with Crippen LogP contribution in [0.4, 0.5) is 0 Å². The van der Waals surface area contributed by atoms with Crippen LogP contribution in [-0.4, -0.2) is 36.6 Å². The lowest BCUT2D eigenvalue weighted by molar-refractivity contribution is 0.202. The van der Waals surface area contributed by atoms with Gasteiger partial charge in [0.1, 0.15) is 0 Å². The Morgan fingerprint density at radius 2 is 2.54 bits per heavy atom. The first kappa shape index (κ1) is 8.66. The molecule has 1 aromatic rings. The molecule has 0 spiro atoms. The first-order chi connectivity index (χ1) is 6.38. The molecule has 2 rings (SSSR count). The van der Waals surface area contributed by atoms with Crippen molar-refractivity contribution in [3.05, 3.63) is 30.1 Å². The lowest BCUT2D eigenvalue weighted by Crippen LogP contribution is -2.43. The van der Waals surface area contributed by atoms with Crippen LogP contribution in [-0.2, 0) is 0 Å². The quantitative estimate of drug-likeness (QED) is 0.683. The molecule has 70 valence electrons. The average molecular weight is 177 g/mol. The van der Waals surface area contributed by atoms with Crippen LogP contribution in [0.2, 0.25) is 0 Å². The second kappa shape index (κ2) is 3.85. The predicted octanol–water partition coefficient (Wildman–Crippen LogP) is 0.658. The number of piperazine rings is 1. The van der Waals surface area contributed by atoms with E-state index in [0.717, 1.165) is 19.6 Å². The standard InChI is InChI=1S/C10H15N3/c1-13-6-5-12-8-10(13)9-3-2-4-11-7-9/h2-4,7,10,12H,5-6,8H2,1H3. The summed E-state index contributed by atoms with van der Waals surface area (Å²) in [5.74, 6) is 0. The fourth-order valence-electron chi connectivity index (χ4n) is 1.75. The van der Waals surface area contributed by atoms with E-state index in [0.29, 0.717) is 6.04 Å². The molecule has 1 aliphatic heterocycles. The molecule has 13 heavy (non-hydrogen) atoms. The zero-order chi connectivity index (χ0) is 9.10. The molecule has 1 unspecified atom stereocenters. The van der Waals surface area contributed by atoms with Crippen LogP contribution in [0.3, 0.4) is 0 Å². The van der Waals surface area contributed by atoms with Gasteiger partial charge in [0.2, 0.25) is 0 Å². The van der Waals surface area contributed by atoms with Gasteiger partial charge in [-0.05, 0) is 18.7 Å². The Bertz CT molecular complexity index is 260. The van der Waals surface area contributed by atoms with Crippen LogP contribution in [0, 0.1) is 0 Å². The number of aromatic nitrogens is 1. The molecule has 0 bridgehead atoms. The SMILES string of the molecule is CN1CCNCC1c1cccnc1. The van der Waals surface area contributed by atoms with Crippen molar-refractivity contribution < 1.29 is 0 Å². The van der Waals surface area contributed by atoms with Crippen molar-refractivity contribution in [2.45, 2.75) is 6.04 Å². The van der Waals surface area contributed by atoms with Gasteiger partial charge >= 0.3 is 0 Å². The van der Waals surface area contributed by atoms with Gasteiger partial charge in [-0.15, -0.1) is 0 Å². The summed E-state index contributed by atoms with van der Waals surface area (Å²) in [5.41, 5.74) is 1.30. The number of hydrogen-bond acceptors (Lipinski definition) is 3. The highest BCUT2D eigenvalue weighted by Gasteiger charge is 2.19. The van der Waals surface area contributed by atoms with E-state index in [1.165, 1.54) is 5.56 Å². The number of nitrogens with zero attached hydrogens (tertiary/aromatic N) is 2. The third kappa shape index (κ3) is 1.87. The van der Waals surface area contributed by atoms with Gasteiger partial charge in [-0.2, -0.15) is 0 Å². The number of pyridine rings is 1. The summed E-state index contributed by atoms with van der Waals surface area (Å²) in [5, 5.41) is 3.39. The summed E-state index contributed by atoms with van der Waals surface area (Å²) in [4.78, 5) is 6.51. The molecule has 1 aromatic heterocycles. The summed E-state index contributed by atoms with van der Waals surface area (Å²) in [6.07, 6.45) is 3.77. The van der Waals surface area contributed by atoms with Gasteiger partial charge in [0.25, 0.3) is 0 Å². The molecule has 0 aliphatic carbocycles. The third-order valence-electron chi connectivity index (χ3n) is 2.58. The molecule has 1 saturated heterocycles. The van der Waals surface area contributed by atoms with Crippen LogP contribution in [0.5, 0.6) is 0 Å². The number of hydrogen-bond donors (Lipinski definition) is 1. The van der Waals surface area contributed by atoms with Crippen molar-refractivity contribution in [2.75, 3.05) is 26.7 Å². The first-order valence-electron chi connectivity index (χ1n) is 4.69. The fraction of sp³-hybridized carbons (Fsp3) is 0.500. The highest BCUT2D eigenvalue weighted by Crippen LogP contribution is 2.18. The minimum atomic E-state index is 0.488. The van der Waals surface area contributed by atoms with E-state index >= 15 is 0 Å². The van der Waals surface area contributed by atoms with E-state index in [1.54, 1.807) is 0 Å². The minimum absolute atomic E-state index is 0.488. The van der Waals surface area contributed by atoms with Crippen molar-refractivity contribution in [2.24, 2.45) is 0 Å². The normalized spacial score (nSPS) is 24.5. The minimum Gasteiger partial charge on any atom is -0.314 e. The maximum Gasteiger partial charge on any atom is 0.0485 e. The molecule has 1 atom stereocenters. The van der Waals surface area contributed by atoms with Gasteiger partial charge in [-0.25, -0.2) is 0 Å². The molecule has 0 amide bonds. The molecular weight excluding hydrogens is 162 g/mol. The van der Waals surface area contributed by atoms with E-state index in [1.807, 2.05) is 18.5 Å². The predicted molar refractivity (Wildman–Crippen MR) is 52.5 cm³/mol. The molecule has 3 heteroatoms. The van der Waals surface area contributed by atoms with E-state index in [2.05, 4.69) is 28.3 Å². The summed E-state index contributed by atoms with van der Waals surface area (Å²) < 4.78 is 0. The summed E-state index contributed by atoms with van der Waals surface area (Å²) >= 11 is 0. The lowest BCUT2D eigenvalue weighted by atomic mass is 10.1. The molecule has 0 aromatic carbocycles. The van der Waals surface area contributed by atoms with Crippen molar-refractivity contribution in [1.82, 2.24) is 15.2 Å². The molecule has 1 fully saturated rings. The van der Waals surface area contributed by atoms with Gasteiger partial charge < -0.3 is 5.32 Å². The molecule has 1 N–H and O–H groups in total. The van der Waals surface area contributed by atoms with Crippen LogP contribution in [0.1, 0.15) is 11.6 Å². The smallest absolute Gasteiger partial charge is 0.0485 e. The van der Waals surface area contributed by atoms with E-state index < -0.39 is 0 Å². The van der Waals surface area contributed by atoms with Gasteiger partial charge in [0, 0.05) is 38.1 Å². The van der Waals surface area contributed by atoms with Crippen LogP contribution in [0.25, 0.3) is 0 Å². The van der Waals surface area contributed by atoms with Crippen LogP contribution < -0.4 is 5.32 Å². The van der Waals surface area contributed by atoms with Gasteiger partial charge in [0.05, 0.1) is 0 Å². The molecule has 3 nitrogen and oxygen atoms in total.